The van der Waals surface area contributed by atoms with Crippen molar-refractivity contribution in [2.45, 2.75) is 24.8 Å². The fourth-order valence-electron chi connectivity index (χ4n) is 2.46. The molecule has 0 saturated heterocycles. The average molecular weight is 302 g/mol. The van der Waals surface area contributed by atoms with Crippen LogP contribution in [0.25, 0.3) is 0 Å². The SMILES string of the molecule is CSc1ccc(C)c(NC(=O)c2n[nH]c3c2CNCC3)c1. The van der Waals surface area contributed by atoms with Crippen LogP contribution in [0.1, 0.15) is 27.3 Å². The molecule has 1 aromatic heterocycles. The standard InChI is InChI=1S/C15H18N4OS/c1-9-3-4-10(21-2)7-13(9)17-15(20)14-11-8-16-6-5-12(11)18-19-14/h3-4,7,16H,5-6,8H2,1-2H3,(H,17,20)(H,18,19). The Hall–Kier alpha value is -1.79. The van der Waals surface area contributed by atoms with Gasteiger partial charge in [-0.2, -0.15) is 5.10 Å². The number of aromatic amines is 1. The minimum Gasteiger partial charge on any atom is -0.320 e. The Morgan fingerprint density at radius 3 is 3.10 bits per heavy atom. The van der Waals surface area contributed by atoms with Crippen LogP contribution >= 0.6 is 11.8 Å². The van der Waals surface area contributed by atoms with Crippen LogP contribution in [-0.2, 0) is 13.0 Å². The van der Waals surface area contributed by atoms with Gasteiger partial charge in [-0.25, -0.2) is 0 Å². The van der Waals surface area contributed by atoms with Crippen molar-refractivity contribution in [2.75, 3.05) is 18.1 Å². The molecule has 110 valence electrons. The maximum atomic E-state index is 12.5. The number of fused-ring (bicyclic) bond motifs is 1. The van der Waals surface area contributed by atoms with Crippen LogP contribution in [-0.4, -0.2) is 28.9 Å². The molecular formula is C15H18N4OS. The van der Waals surface area contributed by atoms with Gasteiger partial charge in [-0.05, 0) is 30.9 Å². The third kappa shape index (κ3) is 2.82. The summed E-state index contributed by atoms with van der Waals surface area (Å²) in [5, 5.41) is 13.4. The number of hydrogen-bond acceptors (Lipinski definition) is 4. The molecule has 6 heteroatoms. The van der Waals surface area contributed by atoms with E-state index >= 15 is 0 Å². The van der Waals surface area contributed by atoms with Gasteiger partial charge in [0.1, 0.15) is 0 Å². The molecule has 1 aliphatic heterocycles. The van der Waals surface area contributed by atoms with Gasteiger partial charge in [-0.3, -0.25) is 9.89 Å². The average Bonchev–Trinajstić information content (AvgIpc) is 2.93. The highest BCUT2D eigenvalue weighted by Crippen LogP contribution is 2.24. The smallest absolute Gasteiger partial charge is 0.276 e. The van der Waals surface area contributed by atoms with Crippen LogP contribution in [0, 0.1) is 6.92 Å². The van der Waals surface area contributed by atoms with E-state index < -0.39 is 0 Å². The number of carbonyl (C=O) groups excluding carboxylic acids is 1. The number of aromatic nitrogens is 2. The van der Waals surface area contributed by atoms with Crippen LogP contribution in [0.15, 0.2) is 23.1 Å². The molecule has 0 spiro atoms. The molecular weight excluding hydrogens is 284 g/mol. The zero-order valence-electron chi connectivity index (χ0n) is 12.1. The lowest BCUT2D eigenvalue weighted by Gasteiger charge is -2.13. The topological polar surface area (TPSA) is 69.8 Å². The molecule has 3 rings (SSSR count). The number of H-pyrrole nitrogens is 1. The first kappa shape index (κ1) is 14.2. The summed E-state index contributed by atoms with van der Waals surface area (Å²) in [4.78, 5) is 13.6. The maximum Gasteiger partial charge on any atom is 0.276 e. The molecule has 1 amide bonds. The normalized spacial score (nSPS) is 13.8. The van der Waals surface area contributed by atoms with Crippen LogP contribution in [0.3, 0.4) is 0 Å². The van der Waals surface area contributed by atoms with Gasteiger partial charge in [0.15, 0.2) is 5.69 Å². The number of hydrogen-bond donors (Lipinski definition) is 3. The fraction of sp³-hybridized carbons (Fsp3) is 0.333. The van der Waals surface area contributed by atoms with E-state index in [0.717, 1.165) is 40.4 Å². The summed E-state index contributed by atoms with van der Waals surface area (Å²) >= 11 is 1.66. The Morgan fingerprint density at radius 1 is 1.43 bits per heavy atom. The van der Waals surface area contributed by atoms with E-state index in [1.807, 2.05) is 25.3 Å². The second-order valence-electron chi connectivity index (χ2n) is 5.09. The zero-order valence-corrected chi connectivity index (χ0v) is 12.9. The first-order valence-electron chi connectivity index (χ1n) is 6.92. The van der Waals surface area contributed by atoms with Crippen LogP contribution in [0.5, 0.6) is 0 Å². The molecule has 0 unspecified atom stereocenters. The van der Waals surface area contributed by atoms with Crippen LogP contribution in [0.4, 0.5) is 5.69 Å². The highest BCUT2D eigenvalue weighted by atomic mass is 32.2. The predicted molar refractivity (Wildman–Crippen MR) is 84.9 cm³/mol. The van der Waals surface area contributed by atoms with Crippen molar-refractivity contribution >= 4 is 23.4 Å². The number of nitrogens with one attached hydrogen (secondary N) is 3. The summed E-state index contributed by atoms with van der Waals surface area (Å²) in [7, 11) is 0. The molecule has 0 radical (unpaired) electrons. The van der Waals surface area contributed by atoms with Gasteiger partial charge in [-0.1, -0.05) is 6.07 Å². The summed E-state index contributed by atoms with van der Waals surface area (Å²) in [6, 6.07) is 6.06. The number of nitrogens with zero attached hydrogens (tertiary/aromatic N) is 1. The molecule has 0 aliphatic carbocycles. The molecule has 0 atom stereocenters. The number of amides is 1. The summed E-state index contributed by atoms with van der Waals surface area (Å²) < 4.78 is 0. The number of carbonyl (C=O) groups is 1. The maximum absolute atomic E-state index is 12.5. The second-order valence-corrected chi connectivity index (χ2v) is 5.97. The van der Waals surface area contributed by atoms with E-state index in [0.29, 0.717) is 12.2 Å². The molecule has 0 bridgehead atoms. The van der Waals surface area contributed by atoms with Crippen molar-refractivity contribution in [2.24, 2.45) is 0 Å². The monoisotopic (exact) mass is 302 g/mol. The Morgan fingerprint density at radius 2 is 2.29 bits per heavy atom. The molecule has 3 N–H and O–H groups in total. The molecule has 5 nitrogen and oxygen atoms in total. The third-order valence-corrected chi connectivity index (χ3v) is 4.44. The summed E-state index contributed by atoms with van der Waals surface area (Å²) in [5.74, 6) is -0.155. The fourth-order valence-corrected chi connectivity index (χ4v) is 2.90. The van der Waals surface area contributed by atoms with Gasteiger partial charge >= 0.3 is 0 Å². The Balaban J connectivity index is 1.85. The quantitative estimate of drug-likeness (QED) is 0.761. The summed E-state index contributed by atoms with van der Waals surface area (Å²) in [5.41, 5.74) is 4.42. The molecule has 0 fully saturated rings. The van der Waals surface area contributed by atoms with Gasteiger partial charge in [-0.15, -0.1) is 11.8 Å². The number of anilines is 1. The van der Waals surface area contributed by atoms with Gasteiger partial charge in [0, 0.05) is 41.4 Å². The van der Waals surface area contributed by atoms with Crippen LogP contribution in [0.2, 0.25) is 0 Å². The van der Waals surface area contributed by atoms with Crippen molar-refractivity contribution < 1.29 is 4.79 Å². The second kappa shape index (κ2) is 5.91. The van der Waals surface area contributed by atoms with Gasteiger partial charge in [0.05, 0.1) is 0 Å². The summed E-state index contributed by atoms with van der Waals surface area (Å²) in [6.45, 7) is 3.60. The largest absolute Gasteiger partial charge is 0.320 e. The predicted octanol–water partition coefficient (Wildman–Crippen LogP) is 2.34. The first-order chi connectivity index (χ1) is 10.2. The highest BCUT2D eigenvalue weighted by molar-refractivity contribution is 7.98. The lowest BCUT2D eigenvalue weighted by Crippen LogP contribution is -2.25. The third-order valence-electron chi connectivity index (χ3n) is 3.71. The van der Waals surface area contributed by atoms with E-state index in [9.17, 15) is 4.79 Å². The minimum absolute atomic E-state index is 0.155. The van der Waals surface area contributed by atoms with E-state index in [4.69, 9.17) is 0 Å². The Bertz CT molecular complexity index is 680. The Labute approximate surface area is 127 Å². The highest BCUT2D eigenvalue weighted by Gasteiger charge is 2.21. The molecule has 0 saturated carbocycles. The molecule has 1 aromatic carbocycles. The number of aryl methyl sites for hydroxylation is 1. The summed E-state index contributed by atoms with van der Waals surface area (Å²) in [6.07, 6.45) is 2.91. The molecule has 2 heterocycles. The Kier molecular flexibility index (Phi) is 3.98. The number of benzene rings is 1. The van der Waals surface area contributed by atoms with Gasteiger partial charge in [0.2, 0.25) is 0 Å². The lowest BCUT2D eigenvalue weighted by atomic mass is 10.1. The minimum atomic E-state index is -0.155. The van der Waals surface area contributed by atoms with E-state index in [1.54, 1.807) is 11.8 Å². The first-order valence-corrected chi connectivity index (χ1v) is 8.14. The lowest BCUT2D eigenvalue weighted by molar-refractivity contribution is 0.102. The van der Waals surface area contributed by atoms with Crippen molar-refractivity contribution in [3.63, 3.8) is 0 Å². The zero-order chi connectivity index (χ0) is 14.8. The van der Waals surface area contributed by atoms with E-state index in [2.05, 4.69) is 26.9 Å². The number of thioether (sulfide) groups is 1. The van der Waals surface area contributed by atoms with Crippen LogP contribution < -0.4 is 10.6 Å². The molecule has 21 heavy (non-hydrogen) atoms. The molecule has 2 aromatic rings. The van der Waals surface area contributed by atoms with Crippen molar-refractivity contribution in [1.82, 2.24) is 15.5 Å². The van der Waals surface area contributed by atoms with Crippen molar-refractivity contribution in [3.8, 4) is 0 Å². The van der Waals surface area contributed by atoms with Crippen molar-refractivity contribution in [3.05, 3.63) is 40.7 Å². The van der Waals surface area contributed by atoms with Crippen molar-refractivity contribution in [1.29, 1.82) is 0 Å². The van der Waals surface area contributed by atoms with E-state index in [-0.39, 0.29) is 5.91 Å². The van der Waals surface area contributed by atoms with Gasteiger partial charge < -0.3 is 10.6 Å². The molecule has 1 aliphatic rings. The van der Waals surface area contributed by atoms with E-state index in [1.165, 1.54) is 0 Å². The van der Waals surface area contributed by atoms with Gasteiger partial charge in [0.25, 0.3) is 5.91 Å². The number of rotatable bonds is 3.